The van der Waals surface area contributed by atoms with Crippen LogP contribution in [-0.2, 0) is 16.0 Å². The van der Waals surface area contributed by atoms with Crippen LogP contribution in [0.25, 0.3) is 0 Å². The van der Waals surface area contributed by atoms with Crippen LogP contribution < -0.4 is 0 Å². The number of methoxy groups -OCH3 is 1. The summed E-state index contributed by atoms with van der Waals surface area (Å²) in [5.41, 5.74) is 2.91. The number of carbonyl (C=O) groups excluding carboxylic acids is 1. The Morgan fingerprint density at radius 3 is 2.17 bits per heavy atom. The van der Waals surface area contributed by atoms with E-state index in [4.69, 9.17) is 0 Å². The molecule has 1 atom stereocenters. The summed E-state index contributed by atoms with van der Waals surface area (Å²) in [6.07, 6.45) is 8.82. The van der Waals surface area contributed by atoms with Gasteiger partial charge >= 0.3 is 5.97 Å². The molecule has 0 heterocycles. The van der Waals surface area contributed by atoms with Crippen molar-refractivity contribution in [3.8, 4) is 0 Å². The quantitative estimate of drug-likeness (QED) is 0.375. The zero-order valence-electron chi connectivity index (χ0n) is 15.4. The third-order valence-corrected chi connectivity index (χ3v) is 4.44. The number of rotatable bonds is 11. The maximum Gasteiger partial charge on any atom is 0.305 e. The summed E-state index contributed by atoms with van der Waals surface area (Å²) in [6.45, 7) is 6.86. The Morgan fingerprint density at radius 1 is 0.957 bits per heavy atom. The lowest BCUT2D eigenvalue weighted by Gasteiger charge is -2.13. The van der Waals surface area contributed by atoms with Crippen molar-refractivity contribution in [2.75, 3.05) is 7.11 Å². The lowest BCUT2D eigenvalue weighted by Crippen LogP contribution is -1.99. The molecule has 0 aliphatic heterocycles. The van der Waals surface area contributed by atoms with Gasteiger partial charge in [0.05, 0.1) is 7.11 Å². The standard InChI is InChI=1S/C21H34O2/c1-17(2)16-19-12-14-20(15-13-19)18(3)10-8-6-5-7-9-11-21(22)23-4/h12-15,17-18H,5-11,16H2,1-4H3. The molecule has 0 fully saturated rings. The highest BCUT2D eigenvalue weighted by molar-refractivity contribution is 5.68. The van der Waals surface area contributed by atoms with Gasteiger partial charge in [-0.1, -0.05) is 70.7 Å². The maximum absolute atomic E-state index is 11.0. The van der Waals surface area contributed by atoms with Crippen molar-refractivity contribution in [1.29, 1.82) is 0 Å². The van der Waals surface area contributed by atoms with Gasteiger partial charge in [-0.15, -0.1) is 0 Å². The molecule has 2 nitrogen and oxygen atoms in total. The van der Waals surface area contributed by atoms with Gasteiger partial charge in [-0.25, -0.2) is 0 Å². The summed E-state index contributed by atoms with van der Waals surface area (Å²) in [4.78, 5) is 11.0. The van der Waals surface area contributed by atoms with Crippen molar-refractivity contribution in [3.05, 3.63) is 35.4 Å². The Bertz CT molecular complexity index is 434. The first-order valence-electron chi connectivity index (χ1n) is 9.18. The molecule has 2 heteroatoms. The molecule has 0 bridgehead atoms. The summed E-state index contributed by atoms with van der Waals surface area (Å²) in [7, 11) is 1.46. The van der Waals surface area contributed by atoms with Crippen molar-refractivity contribution in [2.24, 2.45) is 5.92 Å². The van der Waals surface area contributed by atoms with Crippen LogP contribution >= 0.6 is 0 Å². The minimum absolute atomic E-state index is 0.0838. The number of esters is 1. The monoisotopic (exact) mass is 318 g/mol. The molecular formula is C21H34O2. The van der Waals surface area contributed by atoms with Crippen molar-refractivity contribution < 1.29 is 9.53 Å². The van der Waals surface area contributed by atoms with E-state index in [0.717, 1.165) is 18.8 Å². The van der Waals surface area contributed by atoms with E-state index in [1.807, 2.05) is 0 Å². The van der Waals surface area contributed by atoms with Crippen LogP contribution in [0.1, 0.15) is 82.8 Å². The molecule has 1 aromatic carbocycles. The third-order valence-electron chi connectivity index (χ3n) is 4.44. The van der Waals surface area contributed by atoms with Crippen molar-refractivity contribution in [3.63, 3.8) is 0 Å². The zero-order chi connectivity index (χ0) is 17.1. The van der Waals surface area contributed by atoms with Crippen molar-refractivity contribution in [2.45, 2.75) is 78.1 Å². The SMILES string of the molecule is COC(=O)CCCCCCCC(C)c1ccc(CC(C)C)cc1. The minimum Gasteiger partial charge on any atom is -0.469 e. The first-order valence-corrected chi connectivity index (χ1v) is 9.18. The Hall–Kier alpha value is -1.31. The number of benzene rings is 1. The number of hydrogen-bond acceptors (Lipinski definition) is 2. The third kappa shape index (κ3) is 8.78. The van der Waals surface area contributed by atoms with Crippen LogP contribution in [0.2, 0.25) is 0 Å². The Balaban J connectivity index is 2.16. The fraction of sp³-hybridized carbons (Fsp3) is 0.667. The summed E-state index contributed by atoms with van der Waals surface area (Å²) >= 11 is 0. The fourth-order valence-electron chi connectivity index (χ4n) is 2.97. The van der Waals surface area contributed by atoms with Gasteiger partial charge in [0.25, 0.3) is 0 Å². The lowest BCUT2D eigenvalue weighted by molar-refractivity contribution is -0.140. The zero-order valence-corrected chi connectivity index (χ0v) is 15.4. The maximum atomic E-state index is 11.0. The second-order valence-corrected chi connectivity index (χ2v) is 7.12. The van der Waals surface area contributed by atoms with E-state index in [1.165, 1.54) is 50.3 Å². The van der Waals surface area contributed by atoms with E-state index < -0.39 is 0 Å². The van der Waals surface area contributed by atoms with E-state index in [-0.39, 0.29) is 5.97 Å². The van der Waals surface area contributed by atoms with E-state index in [0.29, 0.717) is 12.3 Å². The van der Waals surface area contributed by atoms with E-state index in [9.17, 15) is 4.79 Å². The van der Waals surface area contributed by atoms with Crippen LogP contribution in [-0.4, -0.2) is 13.1 Å². The van der Waals surface area contributed by atoms with E-state index in [2.05, 4.69) is 49.8 Å². The van der Waals surface area contributed by atoms with Crippen LogP contribution in [0.3, 0.4) is 0 Å². The van der Waals surface area contributed by atoms with Crippen LogP contribution in [0.5, 0.6) is 0 Å². The lowest BCUT2D eigenvalue weighted by atomic mass is 9.93. The molecule has 0 N–H and O–H groups in total. The minimum atomic E-state index is -0.0838. The number of hydrogen-bond donors (Lipinski definition) is 0. The van der Waals surface area contributed by atoms with Gasteiger partial charge in [-0.3, -0.25) is 4.79 Å². The van der Waals surface area contributed by atoms with Gasteiger partial charge < -0.3 is 4.74 Å². The second kappa shape index (κ2) is 11.3. The smallest absolute Gasteiger partial charge is 0.305 e. The first-order chi connectivity index (χ1) is 11.0. The molecule has 0 aliphatic carbocycles. The molecule has 0 spiro atoms. The predicted octanol–water partition coefficient (Wildman–Crippen LogP) is 5.89. The highest BCUT2D eigenvalue weighted by Gasteiger charge is 2.06. The van der Waals surface area contributed by atoms with Crippen molar-refractivity contribution >= 4 is 5.97 Å². The first kappa shape index (κ1) is 19.7. The molecule has 0 aromatic heterocycles. The molecule has 0 radical (unpaired) electrons. The molecule has 23 heavy (non-hydrogen) atoms. The van der Waals surface area contributed by atoms with Crippen LogP contribution in [0, 0.1) is 5.92 Å². The topological polar surface area (TPSA) is 26.3 Å². The van der Waals surface area contributed by atoms with Gasteiger partial charge in [0.2, 0.25) is 0 Å². The van der Waals surface area contributed by atoms with Gasteiger partial charge in [-0.2, -0.15) is 0 Å². The van der Waals surface area contributed by atoms with Crippen molar-refractivity contribution in [1.82, 2.24) is 0 Å². The largest absolute Gasteiger partial charge is 0.469 e. The van der Waals surface area contributed by atoms with Gasteiger partial charge in [0, 0.05) is 6.42 Å². The summed E-state index contributed by atoms with van der Waals surface area (Å²) in [5, 5.41) is 0. The number of carbonyl (C=O) groups is 1. The number of ether oxygens (including phenoxy) is 1. The summed E-state index contributed by atoms with van der Waals surface area (Å²) in [6, 6.07) is 9.19. The molecule has 1 rings (SSSR count). The van der Waals surface area contributed by atoms with Gasteiger partial charge in [0.15, 0.2) is 0 Å². The van der Waals surface area contributed by atoms with Gasteiger partial charge in [0.1, 0.15) is 0 Å². The van der Waals surface area contributed by atoms with Gasteiger partial charge in [-0.05, 0) is 42.2 Å². The Kier molecular flexibility index (Phi) is 9.66. The molecule has 0 saturated carbocycles. The number of unbranched alkanes of at least 4 members (excludes halogenated alkanes) is 4. The average molecular weight is 319 g/mol. The fourth-order valence-corrected chi connectivity index (χ4v) is 2.97. The molecule has 1 aromatic rings. The Morgan fingerprint density at radius 2 is 1.57 bits per heavy atom. The molecule has 0 aliphatic rings. The molecule has 1 unspecified atom stereocenters. The summed E-state index contributed by atoms with van der Waals surface area (Å²) < 4.78 is 4.65. The highest BCUT2D eigenvalue weighted by atomic mass is 16.5. The van der Waals surface area contributed by atoms with E-state index >= 15 is 0 Å². The molecule has 0 saturated heterocycles. The van der Waals surface area contributed by atoms with Crippen LogP contribution in [0.15, 0.2) is 24.3 Å². The predicted molar refractivity (Wildman–Crippen MR) is 97.7 cm³/mol. The molecule has 130 valence electrons. The van der Waals surface area contributed by atoms with E-state index in [1.54, 1.807) is 0 Å². The highest BCUT2D eigenvalue weighted by Crippen LogP contribution is 2.23. The van der Waals surface area contributed by atoms with Crippen LogP contribution in [0.4, 0.5) is 0 Å². The molecule has 0 amide bonds. The Labute approximate surface area is 142 Å². The second-order valence-electron chi connectivity index (χ2n) is 7.12. The average Bonchev–Trinajstić information content (AvgIpc) is 2.53. The normalized spacial score (nSPS) is 12.4. The summed E-state index contributed by atoms with van der Waals surface area (Å²) in [5.74, 6) is 1.27. The molecular weight excluding hydrogens is 284 g/mol.